The molecule has 0 atom stereocenters. The van der Waals surface area contributed by atoms with Crippen LogP contribution in [0.15, 0.2) is 42.5 Å². The van der Waals surface area contributed by atoms with Crippen molar-refractivity contribution in [3.63, 3.8) is 0 Å². The van der Waals surface area contributed by atoms with Crippen LogP contribution in [-0.2, 0) is 6.42 Å². The smallest absolute Gasteiger partial charge is 0.259 e. The number of ether oxygens (including phenoxy) is 2. The molecule has 0 spiro atoms. The Hall–Kier alpha value is -3.00. The second kappa shape index (κ2) is 7.14. The molecule has 0 radical (unpaired) electrons. The van der Waals surface area contributed by atoms with E-state index in [4.69, 9.17) is 14.7 Å². The van der Waals surface area contributed by atoms with Gasteiger partial charge in [0.1, 0.15) is 0 Å². The fourth-order valence-electron chi connectivity index (χ4n) is 2.06. The average Bonchev–Trinajstić information content (AvgIpc) is 2.56. The van der Waals surface area contributed by atoms with Crippen LogP contribution in [0, 0.1) is 11.3 Å². The van der Waals surface area contributed by atoms with Crippen LogP contribution in [0.4, 0.5) is 5.69 Å². The van der Waals surface area contributed by atoms with Gasteiger partial charge in [-0.05, 0) is 29.8 Å². The minimum Gasteiger partial charge on any atom is -0.493 e. The molecule has 0 fully saturated rings. The fourth-order valence-corrected chi connectivity index (χ4v) is 2.06. The van der Waals surface area contributed by atoms with Gasteiger partial charge in [0.05, 0.1) is 32.3 Å². The Labute approximate surface area is 129 Å². The highest BCUT2D eigenvalue weighted by molar-refractivity contribution is 6.06. The van der Waals surface area contributed by atoms with Gasteiger partial charge in [0.25, 0.3) is 5.91 Å². The number of methoxy groups -OCH3 is 2. The highest BCUT2D eigenvalue weighted by Gasteiger charge is 2.16. The number of carbonyl (C=O) groups excluding carboxylic acids is 1. The number of hydrogen-bond donors (Lipinski definition) is 1. The third-order valence-corrected chi connectivity index (χ3v) is 3.14. The Balaban J connectivity index is 2.20. The largest absolute Gasteiger partial charge is 0.493 e. The molecule has 0 aliphatic rings. The van der Waals surface area contributed by atoms with E-state index in [-0.39, 0.29) is 5.91 Å². The minimum atomic E-state index is -0.288. The molecule has 0 saturated heterocycles. The van der Waals surface area contributed by atoms with E-state index in [0.29, 0.717) is 29.2 Å². The number of hydrogen-bond acceptors (Lipinski definition) is 4. The van der Waals surface area contributed by atoms with Crippen LogP contribution in [0.5, 0.6) is 11.5 Å². The topological polar surface area (TPSA) is 71.3 Å². The first-order valence-corrected chi connectivity index (χ1v) is 6.67. The maximum Gasteiger partial charge on any atom is 0.259 e. The first kappa shape index (κ1) is 15.4. The first-order chi connectivity index (χ1) is 10.7. The molecule has 5 nitrogen and oxygen atoms in total. The van der Waals surface area contributed by atoms with Crippen molar-refractivity contribution in [2.45, 2.75) is 6.42 Å². The number of rotatable bonds is 5. The van der Waals surface area contributed by atoms with E-state index >= 15 is 0 Å². The van der Waals surface area contributed by atoms with Crippen molar-refractivity contribution >= 4 is 11.6 Å². The molecular weight excluding hydrogens is 280 g/mol. The normalized spacial score (nSPS) is 9.68. The Kier molecular flexibility index (Phi) is 4.99. The lowest BCUT2D eigenvalue weighted by atomic mass is 10.1. The predicted molar refractivity (Wildman–Crippen MR) is 83.3 cm³/mol. The molecule has 2 aromatic rings. The monoisotopic (exact) mass is 296 g/mol. The molecule has 2 rings (SSSR count). The molecule has 1 amide bonds. The zero-order valence-electron chi connectivity index (χ0n) is 12.4. The molecule has 112 valence electrons. The number of nitrogens with zero attached hydrogens (tertiary/aromatic N) is 1. The van der Waals surface area contributed by atoms with Gasteiger partial charge in [0.2, 0.25) is 0 Å². The van der Waals surface area contributed by atoms with Gasteiger partial charge < -0.3 is 14.8 Å². The van der Waals surface area contributed by atoms with Gasteiger partial charge in [-0.3, -0.25) is 4.79 Å². The standard InChI is InChI=1S/C17H16N2O3/c1-21-15-5-3-4-14(16(15)22-2)17(20)19-13-8-6-12(7-9-13)10-11-18/h3-9H,10H2,1-2H3,(H,19,20). The van der Waals surface area contributed by atoms with Crippen LogP contribution < -0.4 is 14.8 Å². The van der Waals surface area contributed by atoms with Crippen molar-refractivity contribution in [2.75, 3.05) is 19.5 Å². The molecule has 0 heterocycles. The maximum atomic E-state index is 12.4. The number of nitriles is 1. The summed E-state index contributed by atoms with van der Waals surface area (Å²) >= 11 is 0. The van der Waals surface area contributed by atoms with Crippen LogP contribution in [0.25, 0.3) is 0 Å². The summed E-state index contributed by atoms with van der Waals surface area (Å²) < 4.78 is 10.4. The molecule has 0 aromatic heterocycles. The quantitative estimate of drug-likeness (QED) is 0.920. The summed E-state index contributed by atoms with van der Waals surface area (Å²) in [5.74, 6) is 0.604. The van der Waals surface area contributed by atoms with Gasteiger partial charge >= 0.3 is 0 Å². The third-order valence-electron chi connectivity index (χ3n) is 3.14. The molecule has 0 aliphatic heterocycles. The summed E-state index contributed by atoms with van der Waals surface area (Å²) in [6, 6.07) is 14.3. The van der Waals surface area contributed by atoms with Crippen LogP contribution in [0.2, 0.25) is 0 Å². The SMILES string of the molecule is COc1cccc(C(=O)Nc2ccc(CC#N)cc2)c1OC. The predicted octanol–water partition coefficient (Wildman–Crippen LogP) is 3.02. The molecule has 5 heteroatoms. The molecule has 2 aromatic carbocycles. The molecule has 1 N–H and O–H groups in total. The van der Waals surface area contributed by atoms with E-state index in [1.165, 1.54) is 14.2 Å². The second-order valence-corrected chi connectivity index (χ2v) is 4.53. The summed E-state index contributed by atoms with van der Waals surface area (Å²) in [6.07, 6.45) is 0.345. The number of para-hydroxylation sites is 1. The van der Waals surface area contributed by atoms with Gasteiger partial charge in [-0.25, -0.2) is 0 Å². The van der Waals surface area contributed by atoms with Gasteiger partial charge in [0.15, 0.2) is 11.5 Å². The van der Waals surface area contributed by atoms with Crippen LogP contribution in [0.1, 0.15) is 15.9 Å². The lowest BCUT2D eigenvalue weighted by molar-refractivity contribution is 0.102. The Bertz CT molecular complexity index is 703. The molecule has 0 aliphatic carbocycles. The molecule has 0 bridgehead atoms. The van der Waals surface area contributed by atoms with E-state index in [2.05, 4.69) is 11.4 Å². The molecular formula is C17H16N2O3. The van der Waals surface area contributed by atoms with Crippen molar-refractivity contribution in [1.29, 1.82) is 5.26 Å². The highest BCUT2D eigenvalue weighted by atomic mass is 16.5. The number of carbonyl (C=O) groups is 1. The van der Waals surface area contributed by atoms with E-state index in [9.17, 15) is 4.79 Å². The van der Waals surface area contributed by atoms with Gasteiger partial charge in [-0.15, -0.1) is 0 Å². The van der Waals surface area contributed by atoms with Crippen molar-refractivity contribution < 1.29 is 14.3 Å². The summed E-state index contributed by atoms with van der Waals surface area (Å²) in [6.45, 7) is 0. The average molecular weight is 296 g/mol. The summed E-state index contributed by atoms with van der Waals surface area (Å²) in [7, 11) is 3.01. The fraction of sp³-hybridized carbons (Fsp3) is 0.176. The summed E-state index contributed by atoms with van der Waals surface area (Å²) in [5.41, 5.74) is 1.94. The van der Waals surface area contributed by atoms with Crippen LogP contribution in [-0.4, -0.2) is 20.1 Å². The number of anilines is 1. The van der Waals surface area contributed by atoms with E-state index < -0.39 is 0 Å². The lowest BCUT2D eigenvalue weighted by Crippen LogP contribution is -2.13. The van der Waals surface area contributed by atoms with E-state index in [0.717, 1.165) is 5.56 Å². The van der Waals surface area contributed by atoms with Gasteiger partial charge in [-0.1, -0.05) is 18.2 Å². The highest BCUT2D eigenvalue weighted by Crippen LogP contribution is 2.31. The van der Waals surface area contributed by atoms with Crippen molar-refractivity contribution in [1.82, 2.24) is 0 Å². The summed E-state index contributed by atoms with van der Waals surface area (Å²) in [4.78, 5) is 12.4. The molecule has 0 unspecified atom stereocenters. The second-order valence-electron chi connectivity index (χ2n) is 4.53. The Morgan fingerprint density at radius 3 is 2.45 bits per heavy atom. The zero-order chi connectivity index (χ0) is 15.9. The molecule has 0 saturated carbocycles. The number of nitrogens with one attached hydrogen (secondary N) is 1. The number of amides is 1. The van der Waals surface area contributed by atoms with Gasteiger partial charge in [-0.2, -0.15) is 5.26 Å². The van der Waals surface area contributed by atoms with Crippen molar-refractivity contribution in [2.24, 2.45) is 0 Å². The van der Waals surface area contributed by atoms with E-state index in [1.807, 2.05) is 12.1 Å². The maximum absolute atomic E-state index is 12.4. The third kappa shape index (κ3) is 3.36. The van der Waals surface area contributed by atoms with Crippen LogP contribution in [0.3, 0.4) is 0 Å². The number of benzene rings is 2. The zero-order valence-corrected chi connectivity index (χ0v) is 12.4. The van der Waals surface area contributed by atoms with E-state index in [1.54, 1.807) is 30.3 Å². The lowest BCUT2D eigenvalue weighted by Gasteiger charge is -2.12. The summed E-state index contributed by atoms with van der Waals surface area (Å²) in [5, 5.41) is 11.4. The Morgan fingerprint density at radius 2 is 1.86 bits per heavy atom. The minimum absolute atomic E-state index is 0.288. The van der Waals surface area contributed by atoms with Gasteiger partial charge in [0, 0.05) is 5.69 Å². The van der Waals surface area contributed by atoms with Crippen molar-refractivity contribution in [3.8, 4) is 17.6 Å². The molecule has 22 heavy (non-hydrogen) atoms. The van der Waals surface area contributed by atoms with Crippen LogP contribution >= 0.6 is 0 Å². The first-order valence-electron chi connectivity index (χ1n) is 6.67. The Morgan fingerprint density at radius 1 is 1.14 bits per heavy atom. The van der Waals surface area contributed by atoms with Crippen molar-refractivity contribution in [3.05, 3.63) is 53.6 Å².